The first-order valence-electron chi connectivity index (χ1n) is 6.25. The topological polar surface area (TPSA) is 78.9 Å². The fraction of sp³-hybridized carbons (Fsp3) is 0.833. The summed E-state index contributed by atoms with van der Waals surface area (Å²) in [6.07, 6.45) is 1.85. The second-order valence-electron chi connectivity index (χ2n) is 4.85. The highest BCUT2D eigenvalue weighted by Gasteiger charge is 2.28. The van der Waals surface area contributed by atoms with E-state index in [4.69, 9.17) is 9.84 Å². The third-order valence-electron chi connectivity index (χ3n) is 3.40. The van der Waals surface area contributed by atoms with Gasteiger partial charge in [0.15, 0.2) is 0 Å². The standard InChI is InChI=1S/C12H22N2O4/c1-8(11(15)16)7-13-12(17)14-5-4-10(18-3)6-9(14)2/h8-10H,4-7H2,1-3H3,(H,13,17)(H,15,16). The molecule has 0 bridgehead atoms. The quantitative estimate of drug-likeness (QED) is 0.785. The van der Waals surface area contributed by atoms with Crippen LogP contribution in [0, 0.1) is 5.92 Å². The van der Waals surface area contributed by atoms with E-state index in [1.54, 1.807) is 18.9 Å². The summed E-state index contributed by atoms with van der Waals surface area (Å²) in [4.78, 5) is 24.3. The average molecular weight is 258 g/mol. The van der Waals surface area contributed by atoms with E-state index in [9.17, 15) is 9.59 Å². The summed E-state index contributed by atoms with van der Waals surface area (Å²) in [6.45, 7) is 4.35. The van der Waals surface area contributed by atoms with Gasteiger partial charge in [0.25, 0.3) is 0 Å². The molecule has 1 aliphatic rings. The monoisotopic (exact) mass is 258 g/mol. The van der Waals surface area contributed by atoms with E-state index in [0.717, 1.165) is 12.8 Å². The lowest BCUT2D eigenvalue weighted by Gasteiger charge is -2.37. The number of likely N-dealkylation sites (tertiary alicyclic amines) is 1. The lowest BCUT2D eigenvalue weighted by atomic mass is 10.0. The summed E-state index contributed by atoms with van der Waals surface area (Å²) in [5, 5.41) is 11.4. The number of urea groups is 1. The molecule has 2 N–H and O–H groups in total. The molecule has 1 heterocycles. The van der Waals surface area contributed by atoms with Crippen molar-refractivity contribution < 1.29 is 19.4 Å². The number of hydrogen-bond acceptors (Lipinski definition) is 3. The van der Waals surface area contributed by atoms with Gasteiger partial charge in [0.05, 0.1) is 12.0 Å². The number of carbonyl (C=O) groups is 2. The van der Waals surface area contributed by atoms with Crippen molar-refractivity contribution in [3.63, 3.8) is 0 Å². The molecular formula is C12H22N2O4. The number of amides is 2. The van der Waals surface area contributed by atoms with Gasteiger partial charge >= 0.3 is 12.0 Å². The zero-order valence-electron chi connectivity index (χ0n) is 11.2. The van der Waals surface area contributed by atoms with Gasteiger partial charge in [-0.3, -0.25) is 4.79 Å². The van der Waals surface area contributed by atoms with Crippen molar-refractivity contribution in [3.05, 3.63) is 0 Å². The van der Waals surface area contributed by atoms with Gasteiger partial charge in [-0.15, -0.1) is 0 Å². The number of nitrogens with one attached hydrogen (secondary N) is 1. The largest absolute Gasteiger partial charge is 0.481 e. The highest BCUT2D eigenvalue weighted by molar-refractivity contribution is 5.76. The maximum absolute atomic E-state index is 11.9. The van der Waals surface area contributed by atoms with Gasteiger partial charge in [0.1, 0.15) is 0 Å². The summed E-state index contributed by atoms with van der Waals surface area (Å²) < 4.78 is 5.28. The molecule has 6 heteroatoms. The molecule has 0 aromatic rings. The lowest BCUT2D eigenvalue weighted by molar-refractivity contribution is -0.140. The molecule has 0 spiro atoms. The van der Waals surface area contributed by atoms with Crippen LogP contribution in [0.4, 0.5) is 4.79 Å². The molecule has 104 valence electrons. The Bertz CT molecular complexity index is 308. The molecule has 3 atom stereocenters. The molecule has 0 saturated carbocycles. The first-order valence-corrected chi connectivity index (χ1v) is 6.25. The van der Waals surface area contributed by atoms with Crippen LogP contribution in [0.1, 0.15) is 26.7 Å². The highest BCUT2D eigenvalue weighted by atomic mass is 16.5. The smallest absolute Gasteiger partial charge is 0.317 e. The van der Waals surface area contributed by atoms with Crippen LogP contribution in [0.2, 0.25) is 0 Å². The van der Waals surface area contributed by atoms with E-state index in [1.807, 2.05) is 6.92 Å². The number of carbonyl (C=O) groups excluding carboxylic acids is 1. The van der Waals surface area contributed by atoms with Crippen molar-refractivity contribution in [1.29, 1.82) is 0 Å². The molecule has 1 fully saturated rings. The minimum Gasteiger partial charge on any atom is -0.481 e. The van der Waals surface area contributed by atoms with Crippen molar-refractivity contribution >= 4 is 12.0 Å². The molecule has 18 heavy (non-hydrogen) atoms. The summed E-state index contributed by atoms with van der Waals surface area (Å²) >= 11 is 0. The Kier molecular flexibility index (Phi) is 5.40. The number of methoxy groups -OCH3 is 1. The molecule has 0 radical (unpaired) electrons. The number of rotatable bonds is 4. The SMILES string of the molecule is COC1CCN(C(=O)NCC(C)C(=O)O)C(C)C1. The van der Waals surface area contributed by atoms with Crippen LogP contribution in [0.3, 0.4) is 0 Å². The van der Waals surface area contributed by atoms with E-state index in [2.05, 4.69) is 5.32 Å². The van der Waals surface area contributed by atoms with E-state index in [0.29, 0.717) is 6.54 Å². The van der Waals surface area contributed by atoms with Crippen LogP contribution >= 0.6 is 0 Å². The maximum Gasteiger partial charge on any atom is 0.317 e. The second kappa shape index (κ2) is 6.58. The number of ether oxygens (including phenoxy) is 1. The molecule has 1 aliphatic heterocycles. The van der Waals surface area contributed by atoms with Crippen LogP contribution < -0.4 is 5.32 Å². The molecule has 1 saturated heterocycles. The second-order valence-corrected chi connectivity index (χ2v) is 4.85. The summed E-state index contributed by atoms with van der Waals surface area (Å²) in [7, 11) is 1.68. The predicted octanol–water partition coefficient (Wildman–Crippen LogP) is 0.916. The van der Waals surface area contributed by atoms with Gasteiger partial charge in [-0.05, 0) is 19.8 Å². The average Bonchev–Trinajstić information content (AvgIpc) is 2.34. The normalized spacial score (nSPS) is 25.6. The van der Waals surface area contributed by atoms with Crippen molar-refractivity contribution in [2.75, 3.05) is 20.2 Å². The van der Waals surface area contributed by atoms with Gasteiger partial charge in [0, 0.05) is 26.2 Å². The molecule has 0 aromatic heterocycles. The van der Waals surface area contributed by atoms with Crippen molar-refractivity contribution in [3.8, 4) is 0 Å². The van der Waals surface area contributed by atoms with Crippen LogP contribution in [0.5, 0.6) is 0 Å². The van der Waals surface area contributed by atoms with Crippen molar-refractivity contribution in [2.45, 2.75) is 38.8 Å². The fourth-order valence-electron chi connectivity index (χ4n) is 2.07. The molecule has 0 aromatic carbocycles. The first kappa shape index (κ1) is 14.8. The number of carboxylic acid groups (broad SMARTS) is 1. The minimum absolute atomic E-state index is 0.115. The number of aliphatic carboxylic acids is 1. The molecule has 0 aliphatic carbocycles. The van der Waals surface area contributed by atoms with Gasteiger partial charge in [0.2, 0.25) is 0 Å². The lowest BCUT2D eigenvalue weighted by Crippen LogP contribution is -2.51. The van der Waals surface area contributed by atoms with Gasteiger partial charge < -0.3 is 20.1 Å². The molecular weight excluding hydrogens is 236 g/mol. The van der Waals surface area contributed by atoms with Crippen LogP contribution in [0.15, 0.2) is 0 Å². The third kappa shape index (κ3) is 3.87. The third-order valence-corrected chi connectivity index (χ3v) is 3.40. The van der Waals surface area contributed by atoms with Crippen molar-refractivity contribution in [1.82, 2.24) is 10.2 Å². The Balaban J connectivity index is 2.40. The van der Waals surface area contributed by atoms with E-state index < -0.39 is 11.9 Å². The highest BCUT2D eigenvalue weighted by Crippen LogP contribution is 2.19. The number of carboxylic acids is 1. The van der Waals surface area contributed by atoms with E-state index >= 15 is 0 Å². The molecule has 3 unspecified atom stereocenters. The Morgan fingerprint density at radius 3 is 2.72 bits per heavy atom. The van der Waals surface area contributed by atoms with Gasteiger partial charge in [-0.25, -0.2) is 4.79 Å². The van der Waals surface area contributed by atoms with Crippen molar-refractivity contribution in [2.24, 2.45) is 5.92 Å². The predicted molar refractivity (Wildman–Crippen MR) is 66.4 cm³/mol. The van der Waals surface area contributed by atoms with Crippen LogP contribution in [-0.2, 0) is 9.53 Å². The maximum atomic E-state index is 11.9. The Morgan fingerprint density at radius 1 is 1.56 bits per heavy atom. The van der Waals surface area contributed by atoms with Gasteiger partial charge in [-0.1, -0.05) is 6.92 Å². The zero-order chi connectivity index (χ0) is 13.7. The van der Waals surface area contributed by atoms with E-state index in [-0.39, 0.29) is 24.7 Å². The number of piperidine rings is 1. The van der Waals surface area contributed by atoms with Gasteiger partial charge in [-0.2, -0.15) is 0 Å². The minimum atomic E-state index is -0.901. The fourth-order valence-corrected chi connectivity index (χ4v) is 2.07. The van der Waals surface area contributed by atoms with Crippen LogP contribution in [-0.4, -0.2) is 54.4 Å². The Morgan fingerprint density at radius 2 is 2.22 bits per heavy atom. The molecule has 2 amide bonds. The van der Waals surface area contributed by atoms with E-state index in [1.165, 1.54) is 0 Å². The molecule has 1 rings (SSSR count). The number of hydrogen-bond donors (Lipinski definition) is 2. The van der Waals surface area contributed by atoms with Crippen LogP contribution in [0.25, 0.3) is 0 Å². The first-order chi connectivity index (χ1) is 8.45. The zero-order valence-corrected chi connectivity index (χ0v) is 11.2. The molecule has 6 nitrogen and oxygen atoms in total. The summed E-state index contributed by atoms with van der Waals surface area (Å²) in [5.74, 6) is -1.47. The Labute approximate surface area is 107 Å². The summed E-state index contributed by atoms with van der Waals surface area (Å²) in [5.41, 5.74) is 0. The number of nitrogens with zero attached hydrogens (tertiary/aromatic N) is 1. The summed E-state index contributed by atoms with van der Waals surface area (Å²) in [6, 6.07) is -0.0750. The Hall–Kier alpha value is -1.30.